The summed E-state index contributed by atoms with van der Waals surface area (Å²) in [7, 11) is 0. The van der Waals surface area contributed by atoms with Crippen molar-refractivity contribution in [3.8, 4) is 6.01 Å². The Hall–Kier alpha value is -3.25. The summed E-state index contributed by atoms with van der Waals surface area (Å²) in [5, 5.41) is 3.24. The maximum atomic E-state index is 13.9. The third-order valence-corrected chi connectivity index (χ3v) is 3.15. The van der Waals surface area contributed by atoms with Gasteiger partial charge in [0.15, 0.2) is 5.82 Å². The van der Waals surface area contributed by atoms with Crippen molar-refractivity contribution < 1.29 is 35.5 Å². The van der Waals surface area contributed by atoms with Gasteiger partial charge in [-0.2, -0.15) is 18.3 Å². The van der Waals surface area contributed by atoms with Crippen LogP contribution in [0.3, 0.4) is 0 Å². The third kappa shape index (κ3) is 5.14. The number of hydrazone groups is 1. The molecule has 1 heterocycles. The van der Waals surface area contributed by atoms with Crippen LogP contribution >= 0.6 is 0 Å². The normalized spacial score (nSPS) is 12.8. The molecule has 0 bridgehead atoms. The predicted molar refractivity (Wildman–Crippen MR) is 83.6 cm³/mol. The number of halogens is 7. The Bertz CT molecular complexity index is 882. The van der Waals surface area contributed by atoms with Crippen LogP contribution < -0.4 is 10.6 Å². The summed E-state index contributed by atoms with van der Waals surface area (Å²) in [5.74, 6) is 2.09. The maximum Gasteiger partial charge on any atom is 0.419 e. The van der Waals surface area contributed by atoms with Crippen LogP contribution in [0.25, 0.3) is 0 Å². The average molecular weight is 409 g/mol. The van der Waals surface area contributed by atoms with Crippen molar-refractivity contribution in [1.82, 2.24) is 9.97 Å². The molecule has 0 aliphatic carbocycles. The van der Waals surface area contributed by atoms with Gasteiger partial charge in [0.1, 0.15) is 18.1 Å². The Labute approximate surface area is 152 Å². The molecular formula is C15H10F7N5O. The molecule has 13 heteroatoms. The first-order valence-corrected chi connectivity index (χ1v) is 7.22. The van der Waals surface area contributed by atoms with Crippen LogP contribution in [0.2, 0.25) is 0 Å². The Kier molecular flexibility index (Phi) is 6.49. The van der Waals surface area contributed by atoms with Crippen molar-refractivity contribution in [2.45, 2.75) is 12.6 Å². The zero-order valence-electron chi connectivity index (χ0n) is 13.6. The van der Waals surface area contributed by atoms with Crippen LogP contribution in [0.1, 0.15) is 17.6 Å². The molecule has 0 spiro atoms. The quantitative estimate of drug-likeness (QED) is 0.340. The summed E-state index contributed by atoms with van der Waals surface area (Å²) in [6, 6.07) is 1.000. The van der Waals surface area contributed by atoms with Gasteiger partial charge in [-0.3, -0.25) is 4.99 Å². The summed E-state index contributed by atoms with van der Waals surface area (Å²) in [5.41, 5.74) is -3.29. The predicted octanol–water partition coefficient (Wildman–Crippen LogP) is 3.81. The second-order valence-corrected chi connectivity index (χ2v) is 5.01. The van der Waals surface area contributed by atoms with Gasteiger partial charge in [0.05, 0.1) is 23.0 Å². The lowest BCUT2D eigenvalue weighted by Crippen LogP contribution is -2.16. The standard InChI is InChI=1S/C15H10F7N5O/c16-9-1-2-10(12(17)11(9)13(18)19)24-5-8(27-23)6-28-14-25-3-7(4-26-14)15(20,21)22/h1-5,13H,6,23H2. The molecule has 6 nitrogen and oxygen atoms in total. The number of hydrogen-bond acceptors (Lipinski definition) is 6. The van der Waals surface area contributed by atoms with Gasteiger partial charge in [-0.25, -0.2) is 27.5 Å². The van der Waals surface area contributed by atoms with Crippen molar-refractivity contribution in [2.75, 3.05) is 6.61 Å². The minimum atomic E-state index is -4.62. The molecule has 2 aromatic rings. The van der Waals surface area contributed by atoms with Crippen LogP contribution in [-0.2, 0) is 6.18 Å². The molecule has 0 fully saturated rings. The van der Waals surface area contributed by atoms with Crippen LogP contribution in [-0.4, -0.2) is 28.5 Å². The second-order valence-electron chi connectivity index (χ2n) is 5.01. The highest BCUT2D eigenvalue weighted by Crippen LogP contribution is 2.31. The SMILES string of the molecule is NN=C(C=Nc1ccc(F)c(C(F)F)c1F)COc1ncc(C(F)(F)F)cn1. The van der Waals surface area contributed by atoms with E-state index in [1.807, 2.05) is 0 Å². The van der Waals surface area contributed by atoms with Crippen molar-refractivity contribution in [1.29, 1.82) is 0 Å². The third-order valence-electron chi connectivity index (χ3n) is 3.15. The fourth-order valence-corrected chi connectivity index (χ4v) is 1.79. The summed E-state index contributed by atoms with van der Waals surface area (Å²) in [6.07, 6.45) is -6.18. The van der Waals surface area contributed by atoms with E-state index in [9.17, 15) is 30.7 Å². The number of nitrogens with two attached hydrogens (primary N) is 1. The number of hydrogen-bond donors (Lipinski definition) is 1. The van der Waals surface area contributed by atoms with E-state index < -0.39 is 53.7 Å². The molecule has 2 N–H and O–H groups in total. The minimum Gasteiger partial charge on any atom is -0.457 e. The molecular weight excluding hydrogens is 399 g/mol. The number of aromatic nitrogens is 2. The summed E-state index contributed by atoms with van der Waals surface area (Å²) < 4.78 is 94.6. The first-order chi connectivity index (χ1) is 13.1. The van der Waals surface area contributed by atoms with Crippen molar-refractivity contribution in [3.63, 3.8) is 0 Å². The molecule has 0 aliphatic rings. The van der Waals surface area contributed by atoms with E-state index in [4.69, 9.17) is 10.6 Å². The fourth-order valence-electron chi connectivity index (χ4n) is 1.79. The molecule has 0 amide bonds. The van der Waals surface area contributed by atoms with Crippen LogP contribution in [0.4, 0.5) is 36.4 Å². The van der Waals surface area contributed by atoms with Gasteiger partial charge in [-0.1, -0.05) is 0 Å². The first-order valence-electron chi connectivity index (χ1n) is 7.22. The minimum absolute atomic E-state index is 0.161. The van der Waals surface area contributed by atoms with E-state index in [2.05, 4.69) is 20.1 Å². The second kappa shape index (κ2) is 8.63. The number of rotatable bonds is 6. The summed E-state index contributed by atoms with van der Waals surface area (Å²) in [4.78, 5) is 10.2. The molecule has 0 atom stereocenters. The lowest BCUT2D eigenvalue weighted by atomic mass is 10.2. The van der Waals surface area contributed by atoms with E-state index >= 15 is 0 Å². The van der Waals surface area contributed by atoms with Gasteiger partial charge in [0, 0.05) is 12.4 Å². The highest BCUT2D eigenvalue weighted by Gasteiger charge is 2.31. The molecule has 28 heavy (non-hydrogen) atoms. The van der Waals surface area contributed by atoms with Crippen molar-refractivity contribution in [3.05, 3.63) is 47.3 Å². The summed E-state index contributed by atoms with van der Waals surface area (Å²) >= 11 is 0. The van der Waals surface area contributed by atoms with Gasteiger partial charge in [0.2, 0.25) is 0 Å². The van der Waals surface area contributed by atoms with Crippen molar-refractivity contribution >= 4 is 17.6 Å². The molecule has 1 aromatic heterocycles. The number of alkyl halides is 5. The number of aliphatic imine (C=N–C) groups is 1. The van der Waals surface area contributed by atoms with Crippen LogP contribution in [0, 0.1) is 11.6 Å². The van der Waals surface area contributed by atoms with E-state index in [-0.39, 0.29) is 5.71 Å². The van der Waals surface area contributed by atoms with Gasteiger partial charge >= 0.3 is 12.2 Å². The molecule has 0 radical (unpaired) electrons. The van der Waals surface area contributed by atoms with Gasteiger partial charge in [-0.15, -0.1) is 0 Å². The summed E-state index contributed by atoms with van der Waals surface area (Å²) in [6.45, 7) is -0.476. The Balaban J connectivity index is 2.08. The number of benzene rings is 1. The van der Waals surface area contributed by atoms with E-state index in [1.54, 1.807) is 0 Å². The molecule has 0 saturated heterocycles. The average Bonchev–Trinajstić information content (AvgIpc) is 2.62. The maximum absolute atomic E-state index is 13.9. The zero-order chi connectivity index (χ0) is 20.9. The van der Waals surface area contributed by atoms with E-state index in [0.717, 1.165) is 12.3 Å². The van der Waals surface area contributed by atoms with E-state index in [1.165, 1.54) is 0 Å². The van der Waals surface area contributed by atoms with Crippen LogP contribution in [0.15, 0.2) is 34.6 Å². The molecule has 0 unspecified atom stereocenters. The Morgan fingerprint density at radius 1 is 1.18 bits per heavy atom. The molecule has 150 valence electrons. The fraction of sp³-hybridized carbons (Fsp3) is 0.200. The first kappa shape index (κ1) is 21.1. The molecule has 0 saturated carbocycles. The topological polar surface area (TPSA) is 85.8 Å². The molecule has 2 rings (SSSR count). The lowest BCUT2D eigenvalue weighted by molar-refractivity contribution is -0.138. The van der Waals surface area contributed by atoms with Crippen molar-refractivity contribution in [2.24, 2.45) is 15.9 Å². The van der Waals surface area contributed by atoms with Gasteiger partial charge < -0.3 is 10.6 Å². The molecule has 0 aliphatic heterocycles. The highest BCUT2D eigenvalue weighted by molar-refractivity contribution is 6.31. The number of nitrogens with zero attached hydrogens (tertiary/aromatic N) is 4. The lowest BCUT2D eigenvalue weighted by Gasteiger charge is -2.07. The smallest absolute Gasteiger partial charge is 0.419 e. The van der Waals surface area contributed by atoms with Crippen LogP contribution in [0.5, 0.6) is 6.01 Å². The molecule has 1 aromatic carbocycles. The Morgan fingerprint density at radius 3 is 2.36 bits per heavy atom. The monoisotopic (exact) mass is 409 g/mol. The Morgan fingerprint density at radius 2 is 1.82 bits per heavy atom. The van der Waals surface area contributed by atoms with Gasteiger partial charge in [0.25, 0.3) is 6.43 Å². The highest BCUT2D eigenvalue weighted by atomic mass is 19.4. The van der Waals surface area contributed by atoms with E-state index in [0.29, 0.717) is 18.5 Å². The number of ether oxygens (including phenoxy) is 1. The largest absolute Gasteiger partial charge is 0.457 e. The van der Waals surface area contributed by atoms with Gasteiger partial charge in [-0.05, 0) is 12.1 Å². The zero-order valence-corrected chi connectivity index (χ0v) is 13.6.